The number of H-pyrrole nitrogens is 1. The van der Waals surface area contributed by atoms with Crippen LogP contribution in [0.3, 0.4) is 0 Å². The number of hydrogen-bond acceptors (Lipinski definition) is 4. The van der Waals surface area contributed by atoms with E-state index < -0.39 is 5.97 Å². The fourth-order valence-corrected chi connectivity index (χ4v) is 1.22. The molecule has 102 valence electrons. The number of carboxylic acids is 1. The van der Waals surface area contributed by atoms with Crippen LogP contribution in [0.2, 0.25) is 0 Å². The third-order valence-corrected chi connectivity index (χ3v) is 1.97. The zero-order valence-corrected chi connectivity index (χ0v) is 11.4. The molecule has 0 bridgehead atoms. The van der Waals surface area contributed by atoms with Crippen LogP contribution in [0.1, 0.15) is 38.4 Å². The predicted octanol–water partition coefficient (Wildman–Crippen LogP) is 2.27. The molecule has 1 aromatic rings. The molecule has 0 spiro atoms. The SMILES string of the molecule is CC(C)(C)CC(=O)O.COc1c[nH]c(C#N)c1C#N. The number of hydrogen-bond donors (Lipinski definition) is 2. The fraction of sp³-hybridized carbons (Fsp3) is 0.462. The van der Waals surface area contributed by atoms with Crippen molar-refractivity contribution in [3.05, 3.63) is 17.5 Å². The maximum Gasteiger partial charge on any atom is 0.303 e. The molecule has 0 aromatic carbocycles. The summed E-state index contributed by atoms with van der Waals surface area (Å²) in [5, 5.41) is 25.3. The number of methoxy groups -OCH3 is 1. The van der Waals surface area contributed by atoms with E-state index in [1.807, 2.05) is 32.9 Å². The summed E-state index contributed by atoms with van der Waals surface area (Å²) in [5.41, 5.74) is 0.422. The minimum Gasteiger partial charge on any atom is -0.494 e. The van der Waals surface area contributed by atoms with Gasteiger partial charge in [-0.3, -0.25) is 4.79 Å². The first kappa shape index (κ1) is 16.5. The normalized spacial score (nSPS) is 9.58. The Hall–Kier alpha value is -2.47. The van der Waals surface area contributed by atoms with Gasteiger partial charge in [-0.15, -0.1) is 0 Å². The second-order valence-corrected chi connectivity index (χ2v) is 4.96. The van der Waals surface area contributed by atoms with E-state index in [2.05, 4.69) is 4.98 Å². The van der Waals surface area contributed by atoms with Crippen molar-refractivity contribution in [3.63, 3.8) is 0 Å². The Kier molecular flexibility index (Phi) is 6.15. The smallest absolute Gasteiger partial charge is 0.303 e. The molecule has 0 radical (unpaired) electrons. The molecule has 0 aliphatic carbocycles. The molecular formula is C13H17N3O3. The fourth-order valence-electron chi connectivity index (χ4n) is 1.22. The number of nitrogens with one attached hydrogen (secondary N) is 1. The first-order valence-electron chi connectivity index (χ1n) is 5.52. The van der Waals surface area contributed by atoms with Crippen LogP contribution >= 0.6 is 0 Å². The molecule has 0 atom stereocenters. The van der Waals surface area contributed by atoms with E-state index in [1.165, 1.54) is 13.3 Å². The van der Waals surface area contributed by atoms with Crippen LogP contribution in [-0.4, -0.2) is 23.2 Å². The molecule has 0 saturated heterocycles. The second-order valence-electron chi connectivity index (χ2n) is 4.96. The topological polar surface area (TPSA) is 110 Å². The summed E-state index contributed by atoms with van der Waals surface area (Å²) in [7, 11) is 1.45. The van der Waals surface area contributed by atoms with Crippen molar-refractivity contribution in [2.45, 2.75) is 27.2 Å². The van der Waals surface area contributed by atoms with E-state index in [9.17, 15) is 4.79 Å². The number of rotatable bonds is 2. The van der Waals surface area contributed by atoms with Gasteiger partial charge in [-0.05, 0) is 5.41 Å². The second kappa shape index (κ2) is 7.07. The number of aromatic nitrogens is 1. The molecular weight excluding hydrogens is 246 g/mol. The number of aromatic amines is 1. The van der Waals surface area contributed by atoms with Crippen molar-refractivity contribution < 1.29 is 14.6 Å². The highest BCUT2D eigenvalue weighted by Gasteiger charge is 2.13. The first-order valence-corrected chi connectivity index (χ1v) is 5.52. The summed E-state index contributed by atoms with van der Waals surface area (Å²) in [6, 6.07) is 3.71. The van der Waals surface area contributed by atoms with Gasteiger partial charge in [0.05, 0.1) is 13.5 Å². The van der Waals surface area contributed by atoms with Gasteiger partial charge in [0.25, 0.3) is 0 Å². The minimum absolute atomic E-state index is 0.0775. The first-order chi connectivity index (χ1) is 8.75. The quantitative estimate of drug-likeness (QED) is 0.850. The van der Waals surface area contributed by atoms with Crippen molar-refractivity contribution >= 4 is 5.97 Å². The lowest BCUT2D eigenvalue weighted by Gasteiger charge is -2.13. The van der Waals surface area contributed by atoms with Crippen molar-refractivity contribution in [2.75, 3.05) is 7.11 Å². The highest BCUT2D eigenvalue weighted by atomic mass is 16.5. The van der Waals surface area contributed by atoms with Crippen LogP contribution in [0.4, 0.5) is 0 Å². The van der Waals surface area contributed by atoms with Crippen LogP contribution in [0.15, 0.2) is 6.20 Å². The van der Waals surface area contributed by atoms with E-state index in [0.717, 1.165) is 0 Å². The van der Waals surface area contributed by atoms with Crippen LogP contribution < -0.4 is 4.74 Å². The summed E-state index contributed by atoms with van der Waals surface area (Å²) >= 11 is 0. The van der Waals surface area contributed by atoms with Gasteiger partial charge < -0.3 is 14.8 Å². The molecule has 2 N–H and O–H groups in total. The number of nitriles is 2. The van der Waals surface area contributed by atoms with Crippen LogP contribution in [0.25, 0.3) is 0 Å². The number of aliphatic carboxylic acids is 1. The Morgan fingerprint density at radius 2 is 2.00 bits per heavy atom. The summed E-state index contributed by atoms with van der Waals surface area (Å²) < 4.78 is 4.81. The predicted molar refractivity (Wildman–Crippen MR) is 68.5 cm³/mol. The number of nitrogens with zero attached hydrogens (tertiary/aromatic N) is 2. The number of ether oxygens (including phenoxy) is 1. The molecule has 0 aliphatic heterocycles. The van der Waals surface area contributed by atoms with Crippen LogP contribution in [0, 0.1) is 28.1 Å². The lowest BCUT2D eigenvalue weighted by molar-refractivity contribution is -0.139. The van der Waals surface area contributed by atoms with Gasteiger partial charge in [0.1, 0.15) is 23.4 Å². The average Bonchev–Trinajstić information content (AvgIpc) is 2.67. The molecule has 6 heteroatoms. The summed E-state index contributed by atoms with van der Waals surface area (Å²) in [4.78, 5) is 12.6. The molecule has 0 fully saturated rings. The Morgan fingerprint density at radius 1 is 1.42 bits per heavy atom. The van der Waals surface area contributed by atoms with Gasteiger partial charge in [-0.2, -0.15) is 10.5 Å². The standard InChI is InChI=1S/C7H5N3O.C6H12O2/c1-11-7-4-10-6(3-9)5(7)2-8;1-6(2,3)4-5(7)8/h4,10H,1H3;4H2,1-3H3,(H,7,8). The molecule has 0 saturated carbocycles. The van der Waals surface area contributed by atoms with Crippen molar-refractivity contribution in [1.29, 1.82) is 10.5 Å². The molecule has 1 rings (SSSR count). The Bertz CT molecular complexity index is 513. The van der Waals surface area contributed by atoms with Gasteiger partial charge >= 0.3 is 5.97 Å². The van der Waals surface area contributed by atoms with Crippen molar-refractivity contribution in [3.8, 4) is 17.9 Å². The van der Waals surface area contributed by atoms with Crippen LogP contribution in [-0.2, 0) is 4.79 Å². The van der Waals surface area contributed by atoms with E-state index in [1.54, 1.807) is 0 Å². The molecule has 1 aromatic heterocycles. The lowest BCUT2D eigenvalue weighted by atomic mass is 9.93. The van der Waals surface area contributed by atoms with Gasteiger partial charge in [-0.25, -0.2) is 0 Å². The largest absolute Gasteiger partial charge is 0.494 e. The number of carbonyl (C=O) groups is 1. The highest BCUT2D eigenvalue weighted by Crippen LogP contribution is 2.19. The Balaban J connectivity index is 0.000000362. The average molecular weight is 263 g/mol. The zero-order chi connectivity index (χ0) is 15.1. The van der Waals surface area contributed by atoms with Crippen LogP contribution in [0.5, 0.6) is 5.75 Å². The van der Waals surface area contributed by atoms with Gasteiger partial charge in [-0.1, -0.05) is 20.8 Å². The molecule has 19 heavy (non-hydrogen) atoms. The molecule has 0 unspecified atom stereocenters. The third kappa shape index (κ3) is 6.13. The molecule has 0 amide bonds. The minimum atomic E-state index is -0.725. The molecule has 1 heterocycles. The highest BCUT2D eigenvalue weighted by molar-refractivity contribution is 5.67. The van der Waals surface area contributed by atoms with E-state index in [0.29, 0.717) is 5.75 Å². The van der Waals surface area contributed by atoms with Gasteiger partial charge in [0.2, 0.25) is 0 Å². The monoisotopic (exact) mass is 263 g/mol. The van der Waals surface area contributed by atoms with Gasteiger partial charge in [0.15, 0.2) is 5.75 Å². The van der Waals surface area contributed by atoms with Crippen molar-refractivity contribution in [1.82, 2.24) is 4.98 Å². The van der Waals surface area contributed by atoms with E-state index in [4.69, 9.17) is 20.4 Å². The summed E-state index contributed by atoms with van der Waals surface area (Å²) in [6.45, 7) is 5.71. The molecule has 6 nitrogen and oxygen atoms in total. The maximum absolute atomic E-state index is 10.0. The maximum atomic E-state index is 10.0. The summed E-state index contributed by atoms with van der Waals surface area (Å²) in [5.74, 6) is -0.318. The third-order valence-electron chi connectivity index (χ3n) is 1.97. The van der Waals surface area contributed by atoms with E-state index in [-0.39, 0.29) is 23.1 Å². The zero-order valence-electron chi connectivity index (χ0n) is 11.4. The van der Waals surface area contributed by atoms with E-state index >= 15 is 0 Å². The summed E-state index contributed by atoms with van der Waals surface area (Å²) in [6.07, 6.45) is 1.73. The Labute approximate surface area is 112 Å². The lowest BCUT2D eigenvalue weighted by Crippen LogP contribution is -2.11. The number of carboxylic acid groups (broad SMARTS) is 1. The molecule has 0 aliphatic rings. The van der Waals surface area contributed by atoms with Crippen molar-refractivity contribution in [2.24, 2.45) is 5.41 Å². The Morgan fingerprint density at radius 3 is 2.26 bits per heavy atom. The van der Waals surface area contributed by atoms with Gasteiger partial charge in [0, 0.05) is 6.20 Å².